The van der Waals surface area contributed by atoms with Gasteiger partial charge >= 0.3 is 6.18 Å². The van der Waals surface area contributed by atoms with Crippen LogP contribution in [0.2, 0.25) is 0 Å². The molecule has 5 nitrogen and oxygen atoms in total. The highest BCUT2D eigenvalue weighted by Crippen LogP contribution is 2.34. The van der Waals surface area contributed by atoms with Gasteiger partial charge in [0, 0.05) is 38.9 Å². The quantitative estimate of drug-likeness (QED) is 0.899. The lowest BCUT2D eigenvalue weighted by Crippen LogP contribution is -2.45. The molecule has 0 aromatic heterocycles. The van der Waals surface area contributed by atoms with Gasteiger partial charge in [0.15, 0.2) is 5.79 Å². The van der Waals surface area contributed by atoms with Crippen LogP contribution in [0.3, 0.4) is 0 Å². The number of anilines is 1. The van der Waals surface area contributed by atoms with Gasteiger partial charge < -0.3 is 19.7 Å². The maximum absolute atomic E-state index is 12.9. The predicted molar refractivity (Wildman–Crippen MR) is 85.0 cm³/mol. The van der Waals surface area contributed by atoms with E-state index in [1.165, 1.54) is 18.2 Å². The Morgan fingerprint density at radius 2 is 1.80 bits per heavy atom. The number of ether oxygens (including phenoxy) is 2. The van der Waals surface area contributed by atoms with Crippen LogP contribution in [-0.4, -0.2) is 49.4 Å². The molecule has 25 heavy (non-hydrogen) atoms. The largest absolute Gasteiger partial charge is 0.418 e. The van der Waals surface area contributed by atoms with Crippen molar-refractivity contribution in [3.63, 3.8) is 0 Å². The molecule has 2 saturated heterocycles. The van der Waals surface area contributed by atoms with E-state index in [1.807, 2.05) is 0 Å². The van der Waals surface area contributed by atoms with Gasteiger partial charge in [0.25, 0.3) is 0 Å². The first kappa shape index (κ1) is 18.2. The van der Waals surface area contributed by atoms with E-state index in [-0.39, 0.29) is 12.1 Å². The molecule has 1 aromatic rings. The van der Waals surface area contributed by atoms with Gasteiger partial charge in [-0.05, 0) is 12.1 Å². The molecule has 8 heteroatoms. The van der Waals surface area contributed by atoms with E-state index in [9.17, 15) is 18.0 Å². The third-order valence-electron chi connectivity index (χ3n) is 4.59. The summed E-state index contributed by atoms with van der Waals surface area (Å²) in [4.78, 5) is 14.1. The molecular weight excluding hydrogens is 337 g/mol. The van der Waals surface area contributed by atoms with Gasteiger partial charge in [0.1, 0.15) is 0 Å². The number of piperidine rings is 1. The fourth-order valence-electron chi connectivity index (χ4n) is 3.21. The van der Waals surface area contributed by atoms with Crippen molar-refractivity contribution in [1.82, 2.24) is 4.90 Å². The Morgan fingerprint density at radius 1 is 1.16 bits per heavy atom. The van der Waals surface area contributed by atoms with Crippen molar-refractivity contribution in [2.45, 2.75) is 31.2 Å². The number of nitrogens with zero attached hydrogens (tertiary/aromatic N) is 1. The molecule has 1 aromatic carbocycles. The van der Waals surface area contributed by atoms with Gasteiger partial charge in [-0.2, -0.15) is 13.2 Å². The zero-order valence-electron chi connectivity index (χ0n) is 13.8. The molecule has 138 valence electrons. The second-order valence-electron chi connectivity index (χ2n) is 6.29. The van der Waals surface area contributed by atoms with E-state index in [1.54, 1.807) is 0 Å². The van der Waals surface area contributed by atoms with Gasteiger partial charge in [-0.1, -0.05) is 12.1 Å². The summed E-state index contributed by atoms with van der Waals surface area (Å²) >= 11 is 0. The summed E-state index contributed by atoms with van der Waals surface area (Å²) in [6.07, 6.45) is -2.87. The molecule has 0 atom stereocenters. The number of alkyl halides is 3. The average Bonchev–Trinajstić information content (AvgIpc) is 3.02. The van der Waals surface area contributed by atoms with Gasteiger partial charge in [0.2, 0.25) is 5.91 Å². The summed E-state index contributed by atoms with van der Waals surface area (Å²) in [5.41, 5.74) is -1.04. The van der Waals surface area contributed by atoms with Crippen LogP contribution in [0.4, 0.5) is 18.9 Å². The minimum absolute atomic E-state index is 0.140. The maximum Gasteiger partial charge on any atom is 0.418 e. The summed E-state index contributed by atoms with van der Waals surface area (Å²) in [5.74, 6) is -0.893. The van der Waals surface area contributed by atoms with Crippen LogP contribution < -0.4 is 5.32 Å². The second-order valence-corrected chi connectivity index (χ2v) is 6.29. The highest BCUT2D eigenvalue weighted by atomic mass is 19.4. The smallest absolute Gasteiger partial charge is 0.347 e. The summed E-state index contributed by atoms with van der Waals surface area (Å²) in [5, 5.41) is 2.37. The van der Waals surface area contributed by atoms with Crippen molar-refractivity contribution in [2.24, 2.45) is 0 Å². The number of hydrogen-bond acceptors (Lipinski definition) is 4. The van der Waals surface area contributed by atoms with Crippen molar-refractivity contribution >= 4 is 11.6 Å². The Hall–Kier alpha value is -1.64. The Kier molecular flexibility index (Phi) is 5.31. The van der Waals surface area contributed by atoms with E-state index in [2.05, 4.69) is 10.2 Å². The van der Waals surface area contributed by atoms with Crippen LogP contribution >= 0.6 is 0 Å². The Labute approximate surface area is 144 Å². The number of rotatable bonds is 4. The lowest BCUT2D eigenvalue weighted by molar-refractivity contribution is -0.185. The predicted octanol–water partition coefficient (Wildman–Crippen LogP) is 2.87. The number of amides is 1. The molecule has 3 rings (SSSR count). The molecule has 2 heterocycles. The molecule has 2 fully saturated rings. The van der Waals surface area contributed by atoms with Gasteiger partial charge in [0.05, 0.1) is 24.5 Å². The summed E-state index contributed by atoms with van der Waals surface area (Å²) < 4.78 is 50.1. The van der Waals surface area contributed by atoms with Crippen LogP contribution in [0.15, 0.2) is 24.3 Å². The first-order valence-electron chi connectivity index (χ1n) is 8.34. The van der Waals surface area contributed by atoms with Crippen molar-refractivity contribution in [2.75, 3.05) is 38.2 Å². The van der Waals surface area contributed by atoms with Gasteiger partial charge in [-0.15, -0.1) is 0 Å². The highest BCUT2D eigenvalue weighted by Gasteiger charge is 2.39. The topological polar surface area (TPSA) is 50.8 Å². The summed E-state index contributed by atoms with van der Waals surface area (Å²) in [6.45, 7) is 3.21. The summed E-state index contributed by atoms with van der Waals surface area (Å²) in [7, 11) is 0. The Balaban J connectivity index is 1.48. The van der Waals surface area contributed by atoms with Crippen LogP contribution in [-0.2, 0) is 20.4 Å². The molecule has 1 N–H and O–H groups in total. The van der Waals surface area contributed by atoms with Crippen molar-refractivity contribution < 1.29 is 27.4 Å². The number of nitrogens with one attached hydrogen (secondary N) is 1. The highest BCUT2D eigenvalue weighted by molar-refractivity contribution is 5.91. The number of halogens is 3. The van der Waals surface area contributed by atoms with Gasteiger partial charge in [-0.3, -0.25) is 4.79 Å². The van der Waals surface area contributed by atoms with Crippen LogP contribution in [0, 0.1) is 0 Å². The molecule has 2 aliphatic rings. The normalized spacial score (nSPS) is 20.8. The van der Waals surface area contributed by atoms with Crippen molar-refractivity contribution in [3.8, 4) is 0 Å². The molecule has 0 radical (unpaired) electrons. The molecule has 0 aliphatic carbocycles. The zero-order chi connectivity index (χ0) is 17.9. The SMILES string of the molecule is O=C(CCN1CCC2(CC1)OCCO2)Nc1ccccc1C(F)(F)F. The van der Waals surface area contributed by atoms with Gasteiger partial charge in [-0.25, -0.2) is 0 Å². The van der Waals surface area contributed by atoms with Crippen molar-refractivity contribution in [1.29, 1.82) is 0 Å². The number of hydrogen-bond donors (Lipinski definition) is 1. The Morgan fingerprint density at radius 3 is 2.44 bits per heavy atom. The van der Waals surface area contributed by atoms with Crippen molar-refractivity contribution in [3.05, 3.63) is 29.8 Å². The lowest BCUT2D eigenvalue weighted by Gasteiger charge is -2.37. The second kappa shape index (κ2) is 7.31. The fourth-order valence-corrected chi connectivity index (χ4v) is 3.21. The first-order chi connectivity index (χ1) is 11.9. The number of likely N-dealkylation sites (tertiary alicyclic amines) is 1. The minimum atomic E-state index is -4.49. The fraction of sp³-hybridized carbons (Fsp3) is 0.588. The molecule has 2 aliphatic heterocycles. The molecule has 1 spiro atoms. The lowest BCUT2D eigenvalue weighted by atomic mass is 10.0. The van der Waals surface area contributed by atoms with E-state index < -0.39 is 23.4 Å². The number of carbonyl (C=O) groups excluding carboxylic acids is 1. The maximum atomic E-state index is 12.9. The average molecular weight is 358 g/mol. The number of benzene rings is 1. The van der Waals surface area contributed by atoms with Crippen LogP contribution in [0.1, 0.15) is 24.8 Å². The van der Waals surface area contributed by atoms with E-state index in [4.69, 9.17) is 9.47 Å². The number of carbonyl (C=O) groups is 1. The monoisotopic (exact) mass is 358 g/mol. The Bertz CT molecular complexity index is 605. The molecule has 0 unspecified atom stereocenters. The molecule has 0 saturated carbocycles. The molecular formula is C17H21F3N2O3. The summed E-state index contributed by atoms with van der Waals surface area (Å²) in [6, 6.07) is 4.99. The van der Waals surface area contributed by atoms with E-state index >= 15 is 0 Å². The molecule has 0 bridgehead atoms. The third kappa shape index (κ3) is 4.50. The minimum Gasteiger partial charge on any atom is -0.347 e. The third-order valence-corrected chi connectivity index (χ3v) is 4.59. The van der Waals surface area contributed by atoms with E-state index in [0.717, 1.165) is 32.0 Å². The van der Waals surface area contributed by atoms with E-state index in [0.29, 0.717) is 19.8 Å². The number of para-hydroxylation sites is 1. The first-order valence-corrected chi connectivity index (χ1v) is 8.34. The standard InChI is InChI=1S/C17H21F3N2O3/c18-17(19,20)13-3-1-2-4-14(13)21-15(23)5-8-22-9-6-16(7-10-22)24-11-12-25-16/h1-4H,5-12H2,(H,21,23). The van der Waals surface area contributed by atoms with Crippen LogP contribution in [0.25, 0.3) is 0 Å². The zero-order valence-corrected chi connectivity index (χ0v) is 13.8. The van der Waals surface area contributed by atoms with Crippen LogP contribution in [0.5, 0.6) is 0 Å². The molecule has 1 amide bonds.